The topological polar surface area (TPSA) is 40.5 Å². The number of likely N-dealkylation sites (tertiary alicyclic amines) is 1. The van der Waals surface area contributed by atoms with E-state index >= 15 is 0 Å². The molecule has 1 aromatic carbocycles. The summed E-state index contributed by atoms with van der Waals surface area (Å²) in [5.41, 5.74) is 3.99. The summed E-state index contributed by atoms with van der Waals surface area (Å²) in [7, 11) is 1.87. The molecular weight excluding hydrogens is 455 g/mol. The van der Waals surface area contributed by atoms with E-state index in [4.69, 9.17) is 0 Å². The van der Waals surface area contributed by atoms with Crippen LogP contribution in [0.1, 0.15) is 29.1 Å². The minimum atomic E-state index is 0. The molecule has 2 aromatic rings. The summed E-state index contributed by atoms with van der Waals surface area (Å²) < 4.78 is 0. The van der Waals surface area contributed by atoms with Crippen LogP contribution in [-0.2, 0) is 6.42 Å². The first-order valence-corrected chi connectivity index (χ1v) is 9.73. The molecule has 0 saturated carbocycles. The van der Waals surface area contributed by atoms with Crippen LogP contribution in [0.5, 0.6) is 0 Å². The molecule has 140 valence electrons. The van der Waals surface area contributed by atoms with Crippen molar-refractivity contribution < 1.29 is 0 Å². The van der Waals surface area contributed by atoms with Crippen LogP contribution in [-0.4, -0.2) is 42.5 Å². The van der Waals surface area contributed by atoms with E-state index in [1.54, 1.807) is 11.3 Å². The van der Waals surface area contributed by atoms with Gasteiger partial charge in [-0.05, 0) is 25.3 Å². The van der Waals surface area contributed by atoms with E-state index < -0.39 is 0 Å². The molecule has 1 N–H and O–H groups in total. The van der Waals surface area contributed by atoms with Gasteiger partial charge in [-0.1, -0.05) is 42.0 Å². The van der Waals surface area contributed by atoms with Gasteiger partial charge in [0.1, 0.15) is 0 Å². The van der Waals surface area contributed by atoms with E-state index in [-0.39, 0.29) is 24.0 Å². The molecule has 0 amide bonds. The second-order valence-corrected chi connectivity index (χ2v) is 7.34. The van der Waals surface area contributed by atoms with Crippen molar-refractivity contribution in [2.24, 2.45) is 4.99 Å². The number of nitrogens with zero attached hydrogens (tertiary/aromatic N) is 3. The molecule has 0 unspecified atom stereocenters. The Morgan fingerprint density at radius 3 is 2.62 bits per heavy atom. The molecule has 2 heterocycles. The van der Waals surface area contributed by atoms with Crippen molar-refractivity contribution in [2.45, 2.75) is 26.2 Å². The van der Waals surface area contributed by atoms with E-state index in [0.29, 0.717) is 0 Å². The average Bonchev–Trinajstić information content (AvgIpc) is 3.06. The van der Waals surface area contributed by atoms with E-state index in [1.165, 1.54) is 11.1 Å². The maximum Gasteiger partial charge on any atom is 0.193 e. The summed E-state index contributed by atoms with van der Waals surface area (Å²) in [4.78, 5) is 11.3. The van der Waals surface area contributed by atoms with Gasteiger partial charge in [0.25, 0.3) is 0 Å². The average molecular weight is 482 g/mol. The van der Waals surface area contributed by atoms with Gasteiger partial charge in [-0.15, -0.1) is 35.3 Å². The third kappa shape index (κ3) is 6.09. The van der Waals surface area contributed by atoms with Crippen molar-refractivity contribution in [3.05, 3.63) is 57.6 Å². The Kier molecular flexibility index (Phi) is 8.58. The SMILES string of the molecule is CN=C(NCCc1csc(C)n1)N1CCC(=Cc2ccccc2)CC1.I. The van der Waals surface area contributed by atoms with Gasteiger partial charge < -0.3 is 10.2 Å². The Balaban J connectivity index is 0.00000243. The van der Waals surface area contributed by atoms with Crippen LogP contribution in [0.15, 0.2) is 46.3 Å². The zero-order chi connectivity index (χ0) is 17.5. The van der Waals surface area contributed by atoms with Crippen molar-refractivity contribution in [3.63, 3.8) is 0 Å². The van der Waals surface area contributed by atoms with Crippen LogP contribution in [0.25, 0.3) is 6.08 Å². The Bertz CT molecular complexity index is 729. The highest BCUT2D eigenvalue weighted by Crippen LogP contribution is 2.19. The lowest BCUT2D eigenvalue weighted by Crippen LogP contribution is -2.45. The van der Waals surface area contributed by atoms with Crippen LogP contribution < -0.4 is 5.32 Å². The smallest absolute Gasteiger partial charge is 0.193 e. The molecule has 0 bridgehead atoms. The predicted octanol–water partition coefficient (Wildman–Crippen LogP) is 4.37. The van der Waals surface area contributed by atoms with Crippen molar-refractivity contribution in [1.82, 2.24) is 15.2 Å². The summed E-state index contributed by atoms with van der Waals surface area (Å²) in [6.07, 6.45) is 5.47. The number of thiazole rings is 1. The molecule has 0 radical (unpaired) electrons. The predicted molar refractivity (Wildman–Crippen MR) is 123 cm³/mol. The third-order valence-electron chi connectivity index (χ3n) is 4.42. The Morgan fingerprint density at radius 2 is 2.00 bits per heavy atom. The molecule has 1 aliphatic rings. The number of aromatic nitrogens is 1. The van der Waals surface area contributed by atoms with Crippen LogP contribution in [0.2, 0.25) is 0 Å². The number of rotatable bonds is 4. The molecule has 0 spiro atoms. The lowest BCUT2D eigenvalue weighted by Gasteiger charge is -2.31. The molecule has 3 rings (SSSR count). The lowest BCUT2D eigenvalue weighted by molar-refractivity contribution is 0.376. The molecule has 26 heavy (non-hydrogen) atoms. The number of halogens is 1. The standard InChI is InChI=1S/C20H26N4S.HI/c1-16-23-19(15-25-16)8-11-22-20(21-2)24-12-9-18(10-13-24)14-17-6-4-3-5-7-17;/h3-7,14-15H,8-13H2,1-2H3,(H,21,22);1H. The van der Waals surface area contributed by atoms with Gasteiger partial charge in [-0.25, -0.2) is 4.98 Å². The van der Waals surface area contributed by atoms with E-state index in [9.17, 15) is 0 Å². The first-order chi connectivity index (χ1) is 12.2. The number of hydrogen-bond acceptors (Lipinski definition) is 3. The van der Waals surface area contributed by atoms with Crippen molar-refractivity contribution in [2.75, 3.05) is 26.7 Å². The summed E-state index contributed by atoms with van der Waals surface area (Å²) >= 11 is 1.71. The number of guanidine groups is 1. The maximum absolute atomic E-state index is 4.51. The fourth-order valence-electron chi connectivity index (χ4n) is 3.09. The first kappa shape index (κ1) is 20.9. The second-order valence-electron chi connectivity index (χ2n) is 6.28. The third-order valence-corrected chi connectivity index (χ3v) is 5.24. The Hall–Kier alpha value is -1.41. The van der Waals surface area contributed by atoms with Gasteiger partial charge in [-0.2, -0.15) is 0 Å². The molecule has 4 nitrogen and oxygen atoms in total. The minimum Gasteiger partial charge on any atom is -0.356 e. The maximum atomic E-state index is 4.51. The number of hydrogen-bond donors (Lipinski definition) is 1. The number of benzene rings is 1. The summed E-state index contributed by atoms with van der Waals surface area (Å²) in [6, 6.07) is 10.6. The van der Waals surface area contributed by atoms with Gasteiger partial charge in [0, 0.05) is 38.5 Å². The Labute approximate surface area is 177 Å². The van der Waals surface area contributed by atoms with E-state index in [1.807, 2.05) is 7.05 Å². The van der Waals surface area contributed by atoms with Gasteiger partial charge in [0.15, 0.2) is 5.96 Å². The van der Waals surface area contributed by atoms with Crippen LogP contribution in [0.3, 0.4) is 0 Å². The molecule has 1 aliphatic heterocycles. The molecule has 6 heteroatoms. The fraction of sp³-hybridized carbons (Fsp3) is 0.400. The highest BCUT2D eigenvalue weighted by Gasteiger charge is 2.17. The number of aliphatic imine (C=N–C) groups is 1. The highest BCUT2D eigenvalue weighted by atomic mass is 127. The van der Waals surface area contributed by atoms with Crippen molar-refractivity contribution >= 4 is 47.3 Å². The van der Waals surface area contributed by atoms with Crippen molar-refractivity contribution in [3.8, 4) is 0 Å². The van der Waals surface area contributed by atoms with E-state index in [2.05, 4.69) is 68.9 Å². The molecule has 1 fully saturated rings. The minimum absolute atomic E-state index is 0. The highest BCUT2D eigenvalue weighted by molar-refractivity contribution is 14.0. The van der Waals surface area contributed by atoms with Gasteiger partial charge in [0.2, 0.25) is 0 Å². The summed E-state index contributed by atoms with van der Waals surface area (Å²) in [6.45, 7) is 4.97. The van der Waals surface area contributed by atoms with Gasteiger partial charge in [-0.3, -0.25) is 4.99 Å². The molecule has 1 saturated heterocycles. The molecule has 1 aromatic heterocycles. The van der Waals surface area contributed by atoms with Crippen LogP contribution >= 0.6 is 35.3 Å². The summed E-state index contributed by atoms with van der Waals surface area (Å²) in [5.74, 6) is 1.01. The normalized spacial score (nSPS) is 14.8. The monoisotopic (exact) mass is 482 g/mol. The fourth-order valence-corrected chi connectivity index (χ4v) is 3.74. The molecule has 0 aliphatic carbocycles. The van der Waals surface area contributed by atoms with Crippen molar-refractivity contribution in [1.29, 1.82) is 0 Å². The molecule has 0 atom stereocenters. The quantitative estimate of drug-likeness (QED) is 0.400. The lowest BCUT2D eigenvalue weighted by atomic mass is 10.0. The largest absolute Gasteiger partial charge is 0.356 e. The zero-order valence-corrected chi connectivity index (χ0v) is 18.6. The number of nitrogens with one attached hydrogen (secondary N) is 1. The van der Waals surface area contributed by atoms with Crippen LogP contribution in [0.4, 0.5) is 0 Å². The second kappa shape index (κ2) is 10.7. The zero-order valence-electron chi connectivity index (χ0n) is 15.4. The summed E-state index contributed by atoms with van der Waals surface area (Å²) in [5, 5.41) is 6.76. The number of aryl methyl sites for hydroxylation is 1. The number of piperidine rings is 1. The van der Waals surface area contributed by atoms with E-state index in [0.717, 1.165) is 55.6 Å². The first-order valence-electron chi connectivity index (χ1n) is 8.85. The van der Waals surface area contributed by atoms with Gasteiger partial charge in [0.05, 0.1) is 10.7 Å². The van der Waals surface area contributed by atoms with Crippen LogP contribution in [0, 0.1) is 6.92 Å². The Morgan fingerprint density at radius 1 is 1.27 bits per heavy atom. The van der Waals surface area contributed by atoms with Gasteiger partial charge >= 0.3 is 0 Å². The molecular formula is C20H27IN4S.